The maximum atomic E-state index is 12.7. The predicted octanol–water partition coefficient (Wildman–Crippen LogP) is 3.82. The molecule has 2 aromatic heterocycles. The van der Waals surface area contributed by atoms with E-state index in [2.05, 4.69) is 28.4 Å². The van der Waals surface area contributed by atoms with Gasteiger partial charge in [0.2, 0.25) is 10.0 Å². The molecule has 0 aliphatic carbocycles. The lowest BCUT2D eigenvalue weighted by Crippen LogP contribution is -2.31. The number of anilines is 1. The van der Waals surface area contributed by atoms with Crippen LogP contribution in [-0.4, -0.2) is 41.7 Å². The number of sulfonamides is 1. The summed E-state index contributed by atoms with van der Waals surface area (Å²) in [5.74, 6) is -0.372. The Morgan fingerprint density at radius 1 is 1.07 bits per heavy atom. The lowest BCUT2D eigenvalue weighted by molar-refractivity contribution is 0.102. The summed E-state index contributed by atoms with van der Waals surface area (Å²) in [5.41, 5.74) is 1.97. The van der Waals surface area contributed by atoms with Gasteiger partial charge in [-0.2, -0.15) is 4.31 Å². The van der Waals surface area contributed by atoms with Crippen molar-refractivity contribution in [2.24, 2.45) is 0 Å². The van der Waals surface area contributed by atoms with Crippen molar-refractivity contribution in [3.8, 4) is 11.3 Å². The minimum Gasteiger partial charge on any atom is -0.298 e. The van der Waals surface area contributed by atoms with Gasteiger partial charge in [-0.15, -0.1) is 24.5 Å². The first-order valence-electron chi connectivity index (χ1n) is 8.95. The van der Waals surface area contributed by atoms with E-state index in [1.54, 1.807) is 12.4 Å². The highest BCUT2D eigenvalue weighted by Gasteiger charge is 2.22. The van der Waals surface area contributed by atoms with Gasteiger partial charge >= 0.3 is 0 Å². The molecule has 0 atom stereocenters. The van der Waals surface area contributed by atoms with Crippen LogP contribution in [0.15, 0.2) is 84.4 Å². The largest absolute Gasteiger partial charge is 0.298 e. The normalized spacial score (nSPS) is 11.2. The molecular weight excluding hydrogens is 420 g/mol. The topological polar surface area (TPSA) is 92.3 Å². The molecule has 9 heteroatoms. The Morgan fingerprint density at radius 2 is 1.70 bits per heavy atom. The smallest absolute Gasteiger partial charge is 0.257 e. The molecule has 1 N–H and O–H groups in total. The van der Waals surface area contributed by atoms with Crippen molar-refractivity contribution < 1.29 is 13.2 Å². The van der Waals surface area contributed by atoms with E-state index >= 15 is 0 Å². The fraction of sp³-hybridized carbons (Fsp3) is 0.0952. The maximum Gasteiger partial charge on any atom is 0.257 e. The Morgan fingerprint density at radius 3 is 2.30 bits per heavy atom. The van der Waals surface area contributed by atoms with Gasteiger partial charge in [0, 0.05) is 42.0 Å². The van der Waals surface area contributed by atoms with E-state index in [0.29, 0.717) is 10.7 Å². The molecule has 1 amide bonds. The molecule has 1 aromatic carbocycles. The lowest BCUT2D eigenvalue weighted by atomic mass is 10.2. The Bertz CT molecular complexity index is 1130. The zero-order valence-corrected chi connectivity index (χ0v) is 17.7. The monoisotopic (exact) mass is 440 g/mol. The van der Waals surface area contributed by atoms with Crippen LogP contribution in [0.1, 0.15) is 10.4 Å². The molecule has 3 rings (SSSR count). The summed E-state index contributed by atoms with van der Waals surface area (Å²) < 4.78 is 26.7. The second-order valence-electron chi connectivity index (χ2n) is 6.15. The van der Waals surface area contributed by atoms with Crippen molar-refractivity contribution in [2.45, 2.75) is 4.90 Å². The van der Waals surface area contributed by atoms with Gasteiger partial charge in [0.1, 0.15) is 0 Å². The molecule has 0 aliphatic rings. The third kappa shape index (κ3) is 4.88. The summed E-state index contributed by atoms with van der Waals surface area (Å²) in [4.78, 5) is 21.0. The number of nitrogens with zero attached hydrogens (tertiary/aromatic N) is 3. The van der Waals surface area contributed by atoms with Crippen LogP contribution in [0, 0.1) is 0 Å². The van der Waals surface area contributed by atoms with Gasteiger partial charge in [-0.3, -0.25) is 15.1 Å². The van der Waals surface area contributed by atoms with Crippen molar-refractivity contribution in [3.05, 3.63) is 85.0 Å². The van der Waals surface area contributed by atoms with Crippen LogP contribution in [0.4, 0.5) is 5.13 Å². The molecule has 2 heterocycles. The minimum absolute atomic E-state index is 0.0944. The first-order chi connectivity index (χ1) is 14.5. The quantitative estimate of drug-likeness (QED) is 0.511. The molecule has 0 spiro atoms. The summed E-state index contributed by atoms with van der Waals surface area (Å²) in [6, 6.07) is 9.43. The van der Waals surface area contributed by atoms with Crippen LogP contribution in [0.25, 0.3) is 11.3 Å². The van der Waals surface area contributed by atoms with Crippen LogP contribution in [0.5, 0.6) is 0 Å². The summed E-state index contributed by atoms with van der Waals surface area (Å²) in [6.45, 7) is 7.51. The Hall–Kier alpha value is -3.14. The van der Waals surface area contributed by atoms with E-state index in [1.165, 1.54) is 52.1 Å². The first-order valence-corrected chi connectivity index (χ1v) is 11.3. The van der Waals surface area contributed by atoms with Gasteiger partial charge in [0.15, 0.2) is 5.13 Å². The number of carbonyl (C=O) groups excluding carboxylic acids is 1. The Labute approximate surface area is 179 Å². The molecule has 0 fully saturated rings. The lowest BCUT2D eigenvalue weighted by Gasteiger charge is -2.19. The molecule has 3 aromatic rings. The van der Waals surface area contributed by atoms with E-state index in [9.17, 15) is 13.2 Å². The van der Waals surface area contributed by atoms with Crippen molar-refractivity contribution >= 4 is 32.4 Å². The summed E-state index contributed by atoms with van der Waals surface area (Å²) in [6.07, 6.45) is 6.37. The van der Waals surface area contributed by atoms with Gasteiger partial charge in [-0.25, -0.2) is 13.4 Å². The summed E-state index contributed by atoms with van der Waals surface area (Å²) in [5, 5.41) is 5.03. The Balaban J connectivity index is 1.73. The van der Waals surface area contributed by atoms with Gasteiger partial charge < -0.3 is 0 Å². The van der Waals surface area contributed by atoms with E-state index in [1.807, 2.05) is 17.5 Å². The zero-order chi connectivity index (χ0) is 21.6. The predicted molar refractivity (Wildman–Crippen MR) is 119 cm³/mol. The highest BCUT2D eigenvalue weighted by atomic mass is 32.2. The second-order valence-corrected chi connectivity index (χ2v) is 8.95. The van der Waals surface area contributed by atoms with E-state index in [-0.39, 0.29) is 23.9 Å². The average molecular weight is 441 g/mol. The third-order valence-electron chi connectivity index (χ3n) is 4.12. The fourth-order valence-electron chi connectivity index (χ4n) is 2.64. The first kappa shape index (κ1) is 21.6. The SMILES string of the molecule is C=CCN(CC=C)S(=O)(=O)c1ccc(C(=O)Nc2nc(-c3ccncc3)cs2)cc1. The number of nitrogens with one attached hydrogen (secondary N) is 1. The molecule has 0 aliphatic heterocycles. The number of rotatable bonds is 9. The van der Waals surface area contributed by atoms with Gasteiger partial charge in [0.05, 0.1) is 10.6 Å². The summed E-state index contributed by atoms with van der Waals surface area (Å²) >= 11 is 1.30. The van der Waals surface area contributed by atoms with Crippen molar-refractivity contribution in [3.63, 3.8) is 0 Å². The molecule has 0 unspecified atom stereocenters. The van der Waals surface area contributed by atoms with Crippen molar-refractivity contribution in [1.82, 2.24) is 14.3 Å². The number of aromatic nitrogens is 2. The van der Waals surface area contributed by atoms with Gasteiger partial charge in [0.25, 0.3) is 5.91 Å². The third-order valence-corrected chi connectivity index (χ3v) is 6.72. The van der Waals surface area contributed by atoms with Crippen LogP contribution in [0.2, 0.25) is 0 Å². The van der Waals surface area contributed by atoms with Crippen LogP contribution < -0.4 is 5.32 Å². The average Bonchev–Trinajstić information content (AvgIpc) is 3.23. The molecule has 7 nitrogen and oxygen atoms in total. The number of pyridine rings is 1. The molecular formula is C21H20N4O3S2. The van der Waals surface area contributed by atoms with Gasteiger partial charge in [-0.05, 0) is 36.4 Å². The highest BCUT2D eigenvalue weighted by molar-refractivity contribution is 7.89. The molecule has 0 saturated heterocycles. The van der Waals surface area contributed by atoms with E-state index in [4.69, 9.17) is 0 Å². The fourth-order valence-corrected chi connectivity index (χ4v) is 4.74. The molecule has 0 saturated carbocycles. The van der Waals surface area contributed by atoms with Crippen molar-refractivity contribution in [2.75, 3.05) is 18.4 Å². The van der Waals surface area contributed by atoms with Gasteiger partial charge in [-0.1, -0.05) is 12.2 Å². The molecule has 30 heavy (non-hydrogen) atoms. The second kappa shape index (κ2) is 9.57. The number of benzene rings is 1. The summed E-state index contributed by atoms with van der Waals surface area (Å²) in [7, 11) is -3.71. The maximum absolute atomic E-state index is 12.7. The van der Waals surface area contributed by atoms with E-state index in [0.717, 1.165) is 11.3 Å². The zero-order valence-electron chi connectivity index (χ0n) is 16.1. The number of hydrogen-bond acceptors (Lipinski definition) is 6. The standard InChI is InChI=1S/C21H20N4O3S2/c1-3-13-25(14-4-2)30(27,28)18-7-5-17(6-8-18)20(26)24-21-23-19(15-29-21)16-9-11-22-12-10-16/h3-12,15H,1-2,13-14H2,(H,23,24,26). The molecule has 154 valence electrons. The van der Waals surface area contributed by atoms with Crippen LogP contribution >= 0.6 is 11.3 Å². The highest BCUT2D eigenvalue weighted by Crippen LogP contribution is 2.25. The van der Waals surface area contributed by atoms with E-state index < -0.39 is 10.0 Å². The Kier molecular flexibility index (Phi) is 6.88. The number of amides is 1. The van der Waals surface area contributed by atoms with Crippen molar-refractivity contribution in [1.29, 1.82) is 0 Å². The van der Waals surface area contributed by atoms with Crippen LogP contribution in [-0.2, 0) is 10.0 Å². The molecule has 0 radical (unpaired) electrons. The van der Waals surface area contributed by atoms with Crippen LogP contribution in [0.3, 0.4) is 0 Å². The minimum atomic E-state index is -3.71. The number of carbonyl (C=O) groups is 1. The number of thiazole rings is 1. The molecule has 0 bridgehead atoms. The number of hydrogen-bond donors (Lipinski definition) is 1.